The van der Waals surface area contributed by atoms with Gasteiger partial charge in [-0.05, 0) is 31.7 Å². The van der Waals surface area contributed by atoms with E-state index in [-0.39, 0.29) is 17.4 Å². The van der Waals surface area contributed by atoms with Gasteiger partial charge in [0.25, 0.3) is 0 Å². The zero-order valence-corrected chi connectivity index (χ0v) is 13.8. The Bertz CT molecular complexity index is 550. The number of nitriles is 1. The molecular formula is C15H19ClN2O2S. The highest BCUT2D eigenvalue weighted by molar-refractivity contribution is 7.10. The van der Waals surface area contributed by atoms with E-state index in [1.807, 2.05) is 13.0 Å². The number of thiophene rings is 1. The molecule has 0 spiro atoms. The SMILES string of the molecule is COC(C)(CN(Cc1cc(C#N)cs1)C(=O)CCl)C1CC1. The quantitative estimate of drug-likeness (QED) is 0.724. The first kappa shape index (κ1) is 16.3. The maximum atomic E-state index is 12.1. The maximum absolute atomic E-state index is 12.1. The molecule has 6 heteroatoms. The molecule has 114 valence electrons. The second kappa shape index (κ2) is 6.78. The number of hydrogen-bond acceptors (Lipinski definition) is 4. The van der Waals surface area contributed by atoms with Crippen LogP contribution in [0.2, 0.25) is 0 Å². The van der Waals surface area contributed by atoms with E-state index in [4.69, 9.17) is 21.6 Å². The summed E-state index contributed by atoms with van der Waals surface area (Å²) in [5.41, 5.74) is 0.307. The fraction of sp³-hybridized carbons (Fsp3) is 0.600. The molecule has 0 aromatic carbocycles. The van der Waals surface area contributed by atoms with Crippen molar-refractivity contribution < 1.29 is 9.53 Å². The lowest BCUT2D eigenvalue weighted by molar-refractivity contribution is -0.134. The Hall–Kier alpha value is -1.09. The zero-order valence-electron chi connectivity index (χ0n) is 12.3. The standard InChI is InChI=1S/C15H19ClN2O2S/c1-15(20-2,12-3-4-12)10-18(14(19)6-16)8-13-5-11(7-17)9-21-13/h5,9,12H,3-4,6,8,10H2,1-2H3. The summed E-state index contributed by atoms with van der Waals surface area (Å²) in [6, 6.07) is 3.93. The Morgan fingerprint density at radius 1 is 1.67 bits per heavy atom. The Kier molecular flexibility index (Phi) is 5.26. The molecule has 0 aliphatic heterocycles. The van der Waals surface area contributed by atoms with E-state index in [2.05, 4.69) is 6.07 Å². The van der Waals surface area contributed by atoms with Crippen LogP contribution in [0.5, 0.6) is 0 Å². The first-order chi connectivity index (χ1) is 10.0. The second-order valence-electron chi connectivity index (χ2n) is 5.59. The minimum Gasteiger partial charge on any atom is -0.376 e. The highest BCUT2D eigenvalue weighted by atomic mass is 35.5. The summed E-state index contributed by atoms with van der Waals surface area (Å²) >= 11 is 7.22. The molecular weight excluding hydrogens is 308 g/mol. The molecule has 0 saturated heterocycles. The van der Waals surface area contributed by atoms with Crippen molar-refractivity contribution in [1.82, 2.24) is 4.90 Å². The molecule has 0 N–H and O–H groups in total. The summed E-state index contributed by atoms with van der Waals surface area (Å²) in [5, 5.41) is 10.7. The Morgan fingerprint density at radius 3 is 2.86 bits per heavy atom. The van der Waals surface area contributed by atoms with Crippen LogP contribution in [-0.4, -0.2) is 35.9 Å². The molecule has 1 aliphatic rings. The fourth-order valence-corrected chi connectivity index (χ4v) is 3.45. The third-order valence-corrected chi connectivity index (χ3v) is 5.16. The molecule has 4 nitrogen and oxygen atoms in total. The lowest BCUT2D eigenvalue weighted by Crippen LogP contribution is -2.46. The van der Waals surface area contributed by atoms with Crippen molar-refractivity contribution in [3.63, 3.8) is 0 Å². The van der Waals surface area contributed by atoms with Crippen LogP contribution in [-0.2, 0) is 16.1 Å². The van der Waals surface area contributed by atoms with Gasteiger partial charge in [-0.2, -0.15) is 5.26 Å². The third-order valence-electron chi connectivity index (χ3n) is 4.01. The molecule has 1 heterocycles. The molecule has 1 unspecified atom stereocenters. The van der Waals surface area contributed by atoms with E-state index >= 15 is 0 Å². The average molecular weight is 327 g/mol. The number of hydrogen-bond donors (Lipinski definition) is 0. The van der Waals surface area contributed by atoms with E-state index in [1.54, 1.807) is 17.4 Å². The van der Waals surface area contributed by atoms with E-state index in [0.29, 0.717) is 24.6 Å². The van der Waals surface area contributed by atoms with Crippen molar-refractivity contribution in [2.45, 2.75) is 31.9 Å². The van der Waals surface area contributed by atoms with Crippen LogP contribution < -0.4 is 0 Å². The van der Waals surface area contributed by atoms with Crippen LogP contribution >= 0.6 is 22.9 Å². The van der Waals surface area contributed by atoms with Gasteiger partial charge in [0, 0.05) is 17.4 Å². The predicted octanol–water partition coefficient (Wildman–Crippen LogP) is 3.00. The number of carbonyl (C=O) groups is 1. The molecule has 0 radical (unpaired) electrons. The highest BCUT2D eigenvalue weighted by Crippen LogP contribution is 2.42. The maximum Gasteiger partial charge on any atom is 0.237 e. The minimum absolute atomic E-state index is 0.0407. The van der Waals surface area contributed by atoms with Gasteiger partial charge in [-0.15, -0.1) is 22.9 Å². The number of methoxy groups -OCH3 is 1. The van der Waals surface area contributed by atoms with Gasteiger partial charge in [0.1, 0.15) is 11.9 Å². The summed E-state index contributed by atoms with van der Waals surface area (Å²) in [7, 11) is 1.70. The number of carbonyl (C=O) groups excluding carboxylic acids is 1. The monoisotopic (exact) mass is 326 g/mol. The zero-order chi connectivity index (χ0) is 15.5. The van der Waals surface area contributed by atoms with Crippen LogP contribution in [0.1, 0.15) is 30.2 Å². The van der Waals surface area contributed by atoms with Gasteiger partial charge in [-0.1, -0.05) is 0 Å². The van der Waals surface area contributed by atoms with E-state index in [1.165, 1.54) is 11.3 Å². The van der Waals surface area contributed by atoms with Crippen molar-refractivity contribution in [3.05, 3.63) is 21.9 Å². The number of nitrogens with zero attached hydrogens (tertiary/aromatic N) is 2. The lowest BCUT2D eigenvalue weighted by Gasteiger charge is -2.34. The smallest absolute Gasteiger partial charge is 0.237 e. The number of alkyl halides is 1. The van der Waals surface area contributed by atoms with Crippen LogP contribution in [0.25, 0.3) is 0 Å². The van der Waals surface area contributed by atoms with Crippen LogP contribution in [0.15, 0.2) is 11.4 Å². The molecule has 1 aromatic heterocycles. The van der Waals surface area contributed by atoms with Gasteiger partial charge >= 0.3 is 0 Å². The van der Waals surface area contributed by atoms with Crippen LogP contribution in [0.4, 0.5) is 0 Å². The van der Waals surface area contributed by atoms with Crippen LogP contribution in [0, 0.1) is 17.2 Å². The Labute approximate surface area is 134 Å². The fourth-order valence-electron chi connectivity index (χ4n) is 2.46. The Balaban J connectivity index is 2.10. The topological polar surface area (TPSA) is 53.3 Å². The molecule has 1 saturated carbocycles. The predicted molar refractivity (Wildman–Crippen MR) is 83.3 cm³/mol. The second-order valence-corrected chi connectivity index (χ2v) is 6.85. The molecule has 0 bridgehead atoms. The normalized spacial score (nSPS) is 17.0. The summed E-state index contributed by atoms with van der Waals surface area (Å²) in [6.45, 7) is 3.05. The molecule has 21 heavy (non-hydrogen) atoms. The van der Waals surface area contributed by atoms with E-state index < -0.39 is 0 Å². The number of amides is 1. The number of rotatable bonds is 7. The van der Waals surface area contributed by atoms with E-state index in [0.717, 1.165) is 17.7 Å². The van der Waals surface area contributed by atoms with Crippen molar-refractivity contribution >= 4 is 28.8 Å². The highest BCUT2D eigenvalue weighted by Gasteiger charge is 2.43. The lowest BCUT2D eigenvalue weighted by atomic mass is 9.99. The van der Waals surface area contributed by atoms with Crippen molar-refractivity contribution in [3.8, 4) is 6.07 Å². The van der Waals surface area contributed by atoms with Crippen LogP contribution in [0.3, 0.4) is 0 Å². The van der Waals surface area contributed by atoms with Gasteiger partial charge in [0.2, 0.25) is 5.91 Å². The van der Waals surface area contributed by atoms with Crippen molar-refractivity contribution in [2.24, 2.45) is 5.92 Å². The third kappa shape index (κ3) is 3.97. The van der Waals surface area contributed by atoms with Crippen molar-refractivity contribution in [1.29, 1.82) is 5.26 Å². The summed E-state index contributed by atoms with van der Waals surface area (Å²) in [4.78, 5) is 14.8. The first-order valence-corrected chi connectivity index (χ1v) is 8.30. The van der Waals surface area contributed by atoms with Gasteiger partial charge < -0.3 is 9.64 Å². The average Bonchev–Trinajstić information content (AvgIpc) is 3.26. The van der Waals surface area contributed by atoms with E-state index in [9.17, 15) is 4.79 Å². The molecule has 1 aliphatic carbocycles. The summed E-state index contributed by atoms with van der Waals surface area (Å²) in [5.74, 6) is 0.361. The van der Waals surface area contributed by atoms with Gasteiger partial charge in [0.15, 0.2) is 0 Å². The molecule has 1 aromatic rings. The Morgan fingerprint density at radius 2 is 2.38 bits per heavy atom. The van der Waals surface area contributed by atoms with Gasteiger partial charge in [-0.25, -0.2) is 0 Å². The van der Waals surface area contributed by atoms with Gasteiger partial charge in [-0.3, -0.25) is 4.79 Å². The first-order valence-electron chi connectivity index (χ1n) is 6.89. The minimum atomic E-state index is -0.322. The van der Waals surface area contributed by atoms with Crippen molar-refractivity contribution in [2.75, 3.05) is 19.5 Å². The molecule has 1 atom stereocenters. The molecule has 2 rings (SSSR count). The van der Waals surface area contributed by atoms with Gasteiger partial charge in [0.05, 0.1) is 24.3 Å². The summed E-state index contributed by atoms with van der Waals surface area (Å²) < 4.78 is 5.67. The molecule has 1 amide bonds. The molecule has 1 fully saturated rings. The summed E-state index contributed by atoms with van der Waals surface area (Å²) in [6.07, 6.45) is 2.29. The number of ether oxygens (including phenoxy) is 1. The number of halogens is 1. The largest absolute Gasteiger partial charge is 0.376 e.